The van der Waals surface area contributed by atoms with Gasteiger partial charge in [-0.1, -0.05) is 38.3 Å². The van der Waals surface area contributed by atoms with Gasteiger partial charge in [0.15, 0.2) is 0 Å². The Kier molecular flexibility index (Phi) is 14.6. The molecule has 0 aliphatic rings. The molecule has 0 amide bonds. The second-order valence-electron chi connectivity index (χ2n) is 4.03. The maximum absolute atomic E-state index is 3.81. The fourth-order valence-electron chi connectivity index (χ4n) is 1.45. The van der Waals surface area contributed by atoms with Crippen LogP contribution in [-0.2, 0) is 0 Å². The molecule has 2 heteroatoms. The van der Waals surface area contributed by atoms with Crippen molar-refractivity contribution >= 4 is 18.9 Å². The van der Waals surface area contributed by atoms with Crippen molar-refractivity contribution in [3.8, 4) is 0 Å². The predicted molar refractivity (Wildman–Crippen MR) is 72.5 cm³/mol. The van der Waals surface area contributed by atoms with E-state index in [0.717, 1.165) is 6.54 Å². The molecule has 0 heterocycles. The first kappa shape index (κ1) is 17.7. The van der Waals surface area contributed by atoms with E-state index in [1.165, 1.54) is 44.3 Å². The summed E-state index contributed by atoms with van der Waals surface area (Å²) in [5.74, 6) is 0. The molecule has 0 saturated heterocycles. The Labute approximate surface area is 108 Å². The molecule has 1 radical (unpaired) electrons. The van der Waals surface area contributed by atoms with Crippen LogP contribution in [0.5, 0.6) is 0 Å². The summed E-state index contributed by atoms with van der Waals surface area (Å²) in [4.78, 5) is 2.55. The third kappa shape index (κ3) is 10.6. The van der Waals surface area contributed by atoms with Crippen LogP contribution in [-0.4, -0.2) is 43.4 Å². The first-order chi connectivity index (χ1) is 6.74. The quantitative estimate of drug-likeness (QED) is 0.549. The zero-order valence-electron chi connectivity index (χ0n) is 10.2. The van der Waals surface area contributed by atoms with Crippen LogP contribution in [0.25, 0.3) is 0 Å². The van der Waals surface area contributed by atoms with Gasteiger partial charge in [-0.2, -0.15) is 0 Å². The molecule has 0 fully saturated rings. The number of hydrogen-bond acceptors (Lipinski definition) is 1. The van der Waals surface area contributed by atoms with Crippen LogP contribution in [0, 0.1) is 6.92 Å². The summed E-state index contributed by atoms with van der Waals surface area (Å²) in [5, 5.41) is 0. The Hall–Kier alpha value is 0.297. The van der Waals surface area contributed by atoms with Crippen LogP contribution >= 0.6 is 0 Å². The molecular weight excluding hydrogens is 177 g/mol. The van der Waals surface area contributed by atoms with Crippen molar-refractivity contribution in [2.75, 3.05) is 19.6 Å². The fourth-order valence-corrected chi connectivity index (χ4v) is 1.45. The van der Waals surface area contributed by atoms with E-state index in [4.69, 9.17) is 0 Å². The van der Waals surface area contributed by atoms with Gasteiger partial charge < -0.3 is 0 Å². The summed E-state index contributed by atoms with van der Waals surface area (Å²) in [7, 11) is 0. The third-order valence-electron chi connectivity index (χ3n) is 2.48. The molecule has 15 heavy (non-hydrogen) atoms. The molecule has 0 aromatic heterocycles. The van der Waals surface area contributed by atoms with Gasteiger partial charge >= 0.3 is 18.9 Å². The van der Waals surface area contributed by atoms with E-state index >= 15 is 0 Å². The number of allylic oxidation sites excluding steroid dienone is 1. The summed E-state index contributed by atoms with van der Waals surface area (Å²) in [6, 6.07) is 0. The molecule has 1 nitrogen and oxygen atoms in total. The van der Waals surface area contributed by atoms with E-state index in [0.29, 0.717) is 0 Å². The molecule has 0 bridgehead atoms. The molecule has 0 aliphatic heterocycles. The molecule has 0 aromatic rings. The summed E-state index contributed by atoms with van der Waals surface area (Å²) in [6.07, 6.45) is 7.18. The second kappa shape index (κ2) is 12.4. The van der Waals surface area contributed by atoms with E-state index < -0.39 is 0 Å². The van der Waals surface area contributed by atoms with Gasteiger partial charge in [0.1, 0.15) is 0 Å². The summed E-state index contributed by atoms with van der Waals surface area (Å²) in [5.41, 5.74) is 1.39. The molecule has 0 spiro atoms. The van der Waals surface area contributed by atoms with Gasteiger partial charge in [-0.25, -0.2) is 0 Å². The Morgan fingerprint density at radius 2 is 1.60 bits per heavy atom. The van der Waals surface area contributed by atoms with Crippen LogP contribution in [0.4, 0.5) is 0 Å². The van der Waals surface area contributed by atoms with Crippen LogP contribution in [0.1, 0.15) is 46.5 Å². The van der Waals surface area contributed by atoms with Crippen molar-refractivity contribution in [2.24, 2.45) is 0 Å². The van der Waals surface area contributed by atoms with Crippen LogP contribution in [0.3, 0.4) is 0 Å². The molecule has 0 saturated carbocycles. The van der Waals surface area contributed by atoms with E-state index in [-0.39, 0.29) is 18.9 Å². The first-order valence-electron chi connectivity index (χ1n) is 5.91. The van der Waals surface area contributed by atoms with Gasteiger partial charge in [-0.15, -0.1) is 0 Å². The molecule has 85 valence electrons. The molecule has 0 unspecified atom stereocenters. The van der Waals surface area contributed by atoms with Gasteiger partial charge in [-0.3, -0.25) is 4.90 Å². The van der Waals surface area contributed by atoms with Crippen molar-refractivity contribution in [3.63, 3.8) is 0 Å². The Morgan fingerprint density at radius 3 is 1.93 bits per heavy atom. The van der Waals surface area contributed by atoms with Crippen molar-refractivity contribution in [2.45, 2.75) is 46.5 Å². The zero-order chi connectivity index (χ0) is 10.8. The van der Waals surface area contributed by atoms with Crippen molar-refractivity contribution in [1.82, 2.24) is 4.90 Å². The van der Waals surface area contributed by atoms with E-state index in [9.17, 15) is 0 Å². The van der Waals surface area contributed by atoms with Crippen molar-refractivity contribution in [1.29, 1.82) is 0 Å². The molecule has 0 N–H and O–H groups in total. The maximum atomic E-state index is 3.81. The van der Waals surface area contributed by atoms with Crippen LogP contribution in [0.15, 0.2) is 11.6 Å². The monoisotopic (exact) mass is 204 g/mol. The SMILES string of the molecule is [CH2]C=C(C)CN(CCCC)CCCC.[LiH]. The van der Waals surface area contributed by atoms with Gasteiger partial charge in [-0.05, 0) is 39.8 Å². The topological polar surface area (TPSA) is 3.24 Å². The van der Waals surface area contributed by atoms with Gasteiger partial charge in [0.2, 0.25) is 0 Å². The molecule has 0 atom stereocenters. The minimum absolute atomic E-state index is 0. The first-order valence-corrected chi connectivity index (χ1v) is 5.91. The number of unbranched alkanes of at least 4 members (excludes halogenated alkanes) is 2. The Morgan fingerprint density at radius 1 is 1.13 bits per heavy atom. The van der Waals surface area contributed by atoms with E-state index in [1.54, 1.807) is 0 Å². The average molecular weight is 204 g/mol. The van der Waals surface area contributed by atoms with Gasteiger partial charge in [0.05, 0.1) is 0 Å². The van der Waals surface area contributed by atoms with Gasteiger partial charge in [0.25, 0.3) is 0 Å². The third-order valence-corrected chi connectivity index (χ3v) is 2.48. The van der Waals surface area contributed by atoms with Crippen LogP contribution in [0.2, 0.25) is 0 Å². The van der Waals surface area contributed by atoms with Crippen LogP contribution < -0.4 is 0 Å². The Bertz CT molecular complexity index is 147. The average Bonchev–Trinajstić information content (AvgIpc) is 2.21. The molecule has 0 rings (SSSR count). The number of nitrogens with zero attached hydrogens (tertiary/aromatic N) is 1. The van der Waals surface area contributed by atoms with Gasteiger partial charge in [0, 0.05) is 6.54 Å². The summed E-state index contributed by atoms with van der Waals surface area (Å²) < 4.78 is 0. The van der Waals surface area contributed by atoms with Crippen molar-refractivity contribution in [3.05, 3.63) is 18.6 Å². The zero-order valence-corrected chi connectivity index (χ0v) is 10.2. The van der Waals surface area contributed by atoms with E-state index in [2.05, 4.69) is 32.6 Å². The normalized spacial score (nSPS) is 11.7. The molecule has 0 aliphatic carbocycles. The predicted octanol–water partition coefficient (Wildman–Crippen LogP) is 3.02. The standard InChI is InChI=1S/C13H26N.Li.H/c1-5-8-10-14(11-9-6-2)12-13(4)7-3;;/h7H,3,5-6,8-12H2,1-2,4H3;;. The van der Waals surface area contributed by atoms with E-state index in [1.807, 2.05) is 6.08 Å². The minimum atomic E-state index is 0. The summed E-state index contributed by atoms with van der Waals surface area (Å²) in [6.45, 7) is 14.1. The number of rotatable bonds is 8. The molecular formula is C13H27LiN. The second-order valence-corrected chi connectivity index (χ2v) is 4.03. The Balaban J connectivity index is 0. The summed E-state index contributed by atoms with van der Waals surface area (Å²) >= 11 is 0. The molecule has 0 aromatic carbocycles. The number of hydrogen-bond donors (Lipinski definition) is 0. The van der Waals surface area contributed by atoms with Crippen molar-refractivity contribution < 1.29 is 0 Å². The fraction of sp³-hybridized carbons (Fsp3) is 0.769.